The summed E-state index contributed by atoms with van der Waals surface area (Å²) >= 11 is 0. The number of aliphatic hydroxyl groups is 1. The Kier molecular flexibility index (Phi) is 3.71. The van der Waals surface area contributed by atoms with Crippen LogP contribution in [0.4, 0.5) is 5.69 Å². The van der Waals surface area contributed by atoms with Gasteiger partial charge in [0.2, 0.25) is 5.91 Å². The maximum Gasteiger partial charge on any atom is 0.227 e. The average molecular weight is 280 g/mol. The van der Waals surface area contributed by atoms with Crippen molar-refractivity contribution in [1.82, 2.24) is 4.98 Å². The number of carbonyl (C=O) groups excluding carboxylic acids is 1. The first-order chi connectivity index (χ1) is 10.2. The summed E-state index contributed by atoms with van der Waals surface area (Å²) in [7, 11) is 0. The lowest BCUT2D eigenvalue weighted by Crippen LogP contribution is -2.15. The van der Waals surface area contributed by atoms with Gasteiger partial charge in [-0.1, -0.05) is 30.3 Å². The van der Waals surface area contributed by atoms with E-state index < -0.39 is 6.10 Å². The van der Waals surface area contributed by atoms with Gasteiger partial charge in [-0.3, -0.25) is 4.79 Å². The van der Waals surface area contributed by atoms with Crippen LogP contribution in [0, 0.1) is 0 Å². The molecule has 0 spiro atoms. The molecule has 0 fully saturated rings. The molecular weight excluding hydrogens is 264 g/mol. The first-order valence-corrected chi connectivity index (χ1v) is 6.82. The summed E-state index contributed by atoms with van der Waals surface area (Å²) < 4.78 is 0. The lowest BCUT2D eigenvalue weighted by molar-refractivity contribution is -0.118. The first-order valence-electron chi connectivity index (χ1n) is 6.82. The van der Waals surface area contributed by atoms with Gasteiger partial charge in [0.25, 0.3) is 0 Å². The maximum atomic E-state index is 12.0. The van der Waals surface area contributed by atoms with Crippen molar-refractivity contribution in [3.8, 4) is 0 Å². The Morgan fingerprint density at radius 3 is 2.76 bits per heavy atom. The van der Waals surface area contributed by atoms with E-state index >= 15 is 0 Å². The Morgan fingerprint density at radius 1 is 1.14 bits per heavy atom. The van der Waals surface area contributed by atoms with Crippen LogP contribution >= 0.6 is 0 Å². The molecule has 21 heavy (non-hydrogen) atoms. The summed E-state index contributed by atoms with van der Waals surface area (Å²) in [5.41, 5.74) is 2.50. The zero-order valence-corrected chi connectivity index (χ0v) is 11.4. The summed E-state index contributed by atoms with van der Waals surface area (Å²) in [5.74, 6) is -0.207. The Bertz CT molecular complexity index is 750. The van der Waals surface area contributed by atoms with E-state index in [-0.39, 0.29) is 12.3 Å². The second kappa shape index (κ2) is 5.81. The molecule has 0 aliphatic heterocycles. The summed E-state index contributed by atoms with van der Waals surface area (Å²) in [6.45, 7) is 0. The van der Waals surface area contributed by atoms with E-state index in [2.05, 4.69) is 10.3 Å². The number of benzene rings is 2. The molecule has 1 aromatic heterocycles. The zero-order chi connectivity index (χ0) is 14.7. The summed E-state index contributed by atoms with van der Waals surface area (Å²) in [4.78, 5) is 15.1. The van der Waals surface area contributed by atoms with Gasteiger partial charge in [0.15, 0.2) is 0 Å². The van der Waals surface area contributed by atoms with Crippen molar-refractivity contribution in [3.63, 3.8) is 0 Å². The number of hydrogen-bond acceptors (Lipinski definition) is 2. The van der Waals surface area contributed by atoms with E-state index in [1.54, 1.807) is 0 Å². The van der Waals surface area contributed by atoms with E-state index in [1.165, 1.54) is 0 Å². The number of rotatable bonds is 4. The number of carbonyl (C=O) groups is 1. The minimum absolute atomic E-state index is 0.0369. The predicted molar refractivity (Wildman–Crippen MR) is 82.9 cm³/mol. The Hall–Kier alpha value is -2.59. The van der Waals surface area contributed by atoms with Gasteiger partial charge >= 0.3 is 0 Å². The van der Waals surface area contributed by atoms with Crippen LogP contribution in [-0.2, 0) is 4.79 Å². The van der Waals surface area contributed by atoms with Gasteiger partial charge in [0, 0.05) is 22.8 Å². The molecule has 3 rings (SSSR count). The highest BCUT2D eigenvalue weighted by Crippen LogP contribution is 2.20. The van der Waals surface area contributed by atoms with E-state index in [0.29, 0.717) is 0 Å². The molecule has 4 nitrogen and oxygen atoms in total. The molecular formula is C17H16N2O2. The summed E-state index contributed by atoms with van der Waals surface area (Å²) in [5, 5.41) is 13.9. The zero-order valence-electron chi connectivity index (χ0n) is 11.4. The van der Waals surface area contributed by atoms with Crippen LogP contribution in [0.25, 0.3) is 10.9 Å². The van der Waals surface area contributed by atoms with E-state index in [1.807, 2.05) is 60.8 Å². The Balaban J connectivity index is 1.66. The fraction of sp³-hybridized carbons (Fsp3) is 0.118. The van der Waals surface area contributed by atoms with Crippen LogP contribution in [0.3, 0.4) is 0 Å². The molecule has 4 heteroatoms. The van der Waals surface area contributed by atoms with Crippen LogP contribution in [-0.4, -0.2) is 16.0 Å². The topological polar surface area (TPSA) is 65.1 Å². The molecule has 0 radical (unpaired) electrons. The highest BCUT2D eigenvalue weighted by Gasteiger charge is 2.13. The van der Waals surface area contributed by atoms with Crippen molar-refractivity contribution in [2.45, 2.75) is 12.5 Å². The van der Waals surface area contributed by atoms with Gasteiger partial charge in [-0.05, 0) is 29.8 Å². The third-order valence-corrected chi connectivity index (χ3v) is 3.40. The molecule has 1 heterocycles. The average Bonchev–Trinajstić information content (AvgIpc) is 2.95. The third-order valence-electron chi connectivity index (χ3n) is 3.40. The summed E-state index contributed by atoms with van der Waals surface area (Å²) in [6, 6.07) is 16.8. The monoisotopic (exact) mass is 280 g/mol. The number of hydrogen-bond donors (Lipinski definition) is 3. The van der Waals surface area contributed by atoms with Gasteiger partial charge in [-0.25, -0.2) is 0 Å². The normalized spacial score (nSPS) is 12.2. The molecule has 0 saturated carbocycles. The molecule has 1 unspecified atom stereocenters. The van der Waals surface area contributed by atoms with E-state index in [4.69, 9.17) is 0 Å². The highest BCUT2D eigenvalue weighted by molar-refractivity contribution is 5.94. The van der Waals surface area contributed by atoms with Gasteiger partial charge in [-0.15, -0.1) is 0 Å². The van der Waals surface area contributed by atoms with Crippen LogP contribution in [0.5, 0.6) is 0 Å². The Morgan fingerprint density at radius 2 is 1.95 bits per heavy atom. The quantitative estimate of drug-likeness (QED) is 0.687. The number of aliphatic hydroxyl groups excluding tert-OH is 1. The third kappa shape index (κ3) is 3.12. The highest BCUT2D eigenvalue weighted by atomic mass is 16.3. The van der Waals surface area contributed by atoms with E-state index in [0.717, 1.165) is 22.2 Å². The van der Waals surface area contributed by atoms with Crippen molar-refractivity contribution in [1.29, 1.82) is 0 Å². The van der Waals surface area contributed by atoms with Gasteiger partial charge in [-0.2, -0.15) is 0 Å². The maximum absolute atomic E-state index is 12.0. The van der Waals surface area contributed by atoms with Crippen LogP contribution in [0.15, 0.2) is 60.8 Å². The lowest BCUT2D eigenvalue weighted by atomic mass is 10.1. The van der Waals surface area contributed by atoms with Gasteiger partial charge < -0.3 is 15.4 Å². The van der Waals surface area contributed by atoms with Gasteiger partial charge in [0.1, 0.15) is 0 Å². The van der Waals surface area contributed by atoms with Crippen molar-refractivity contribution in [2.75, 3.05) is 5.32 Å². The van der Waals surface area contributed by atoms with E-state index in [9.17, 15) is 9.90 Å². The van der Waals surface area contributed by atoms with Crippen LogP contribution in [0.1, 0.15) is 18.1 Å². The molecule has 3 aromatic rings. The Labute approximate surface area is 122 Å². The van der Waals surface area contributed by atoms with Crippen LogP contribution < -0.4 is 5.32 Å². The van der Waals surface area contributed by atoms with Crippen LogP contribution in [0.2, 0.25) is 0 Å². The van der Waals surface area contributed by atoms with Gasteiger partial charge in [0.05, 0.1) is 12.5 Å². The molecule has 106 valence electrons. The second-order valence-electron chi connectivity index (χ2n) is 4.96. The molecule has 0 aliphatic rings. The minimum atomic E-state index is -0.790. The number of amides is 1. The van der Waals surface area contributed by atoms with Crippen molar-refractivity contribution < 1.29 is 9.90 Å². The SMILES string of the molecule is O=C(CC(O)c1ccccc1)Nc1ccc2[nH]ccc2c1. The molecule has 0 aliphatic carbocycles. The van der Waals surface area contributed by atoms with Crippen molar-refractivity contribution in [3.05, 3.63) is 66.4 Å². The number of H-pyrrole nitrogens is 1. The molecule has 1 atom stereocenters. The molecule has 2 aromatic carbocycles. The number of aromatic amines is 1. The molecule has 1 amide bonds. The minimum Gasteiger partial charge on any atom is -0.388 e. The molecule has 0 saturated heterocycles. The fourth-order valence-electron chi connectivity index (χ4n) is 2.31. The predicted octanol–water partition coefficient (Wildman–Crippen LogP) is 3.23. The largest absolute Gasteiger partial charge is 0.388 e. The number of anilines is 1. The smallest absolute Gasteiger partial charge is 0.227 e. The number of aromatic nitrogens is 1. The van der Waals surface area contributed by atoms with Crippen molar-refractivity contribution in [2.24, 2.45) is 0 Å². The molecule has 3 N–H and O–H groups in total. The lowest BCUT2D eigenvalue weighted by Gasteiger charge is -2.11. The standard InChI is InChI=1S/C17H16N2O2/c20-16(12-4-2-1-3-5-12)11-17(21)19-14-6-7-15-13(10-14)8-9-18-15/h1-10,16,18,20H,11H2,(H,19,21). The second-order valence-corrected chi connectivity index (χ2v) is 4.96. The number of fused-ring (bicyclic) bond motifs is 1. The first kappa shape index (κ1) is 13.4. The summed E-state index contributed by atoms with van der Waals surface area (Å²) in [6.07, 6.45) is 1.10. The van der Waals surface area contributed by atoms with Crippen molar-refractivity contribution >= 4 is 22.5 Å². The molecule has 0 bridgehead atoms. The fourth-order valence-corrected chi connectivity index (χ4v) is 2.31. The number of nitrogens with one attached hydrogen (secondary N) is 2.